The molecule has 1 aromatic heterocycles. The molecule has 0 bridgehead atoms. The number of pyridine rings is 1. The molecule has 0 fully saturated rings. The molecule has 0 unspecified atom stereocenters. The summed E-state index contributed by atoms with van der Waals surface area (Å²) in [6.07, 6.45) is -4.41. The van der Waals surface area contributed by atoms with Crippen molar-refractivity contribution in [2.45, 2.75) is 20.0 Å². The topological polar surface area (TPSA) is 22.1 Å². The summed E-state index contributed by atoms with van der Waals surface area (Å²) in [5, 5.41) is 0. The third-order valence-corrected chi connectivity index (χ3v) is 1.59. The highest BCUT2D eigenvalue weighted by molar-refractivity contribution is 5.30. The number of rotatable bonds is 2. The summed E-state index contributed by atoms with van der Waals surface area (Å²) in [6, 6.07) is 2.29. The van der Waals surface area contributed by atoms with Crippen molar-refractivity contribution in [2.75, 3.05) is 6.61 Å². The first-order chi connectivity index (χ1) is 6.45. The van der Waals surface area contributed by atoms with Gasteiger partial charge in [-0.1, -0.05) is 0 Å². The molecule has 1 rings (SSSR count). The highest BCUT2D eigenvalue weighted by Crippen LogP contribution is 2.34. The normalized spacial score (nSPS) is 11.5. The van der Waals surface area contributed by atoms with Crippen molar-refractivity contribution in [1.29, 1.82) is 0 Å². The molecular formula is C9H10F3NO. The molecule has 5 heteroatoms. The first-order valence-corrected chi connectivity index (χ1v) is 4.12. The Morgan fingerprint density at radius 2 is 2.00 bits per heavy atom. The fraction of sp³-hybridized carbons (Fsp3) is 0.444. The van der Waals surface area contributed by atoms with Gasteiger partial charge in [0.05, 0.1) is 6.61 Å². The maximum Gasteiger partial charge on any atom is 0.421 e. The van der Waals surface area contributed by atoms with Gasteiger partial charge in [0.15, 0.2) is 0 Å². The summed E-state index contributed by atoms with van der Waals surface area (Å²) < 4.78 is 42.0. The van der Waals surface area contributed by atoms with E-state index in [2.05, 4.69) is 4.98 Å². The van der Waals surface area contributed by atoms with E-state index in [-0.39, 0.29) is 12.5 Å². The number of ether oxygens (including phenoxy) is 1. The van der Waals surface area contributed by atoms with Crippen molar-refractivity contribution in [3.05, 3.63) is 23.4 Å². The predicted molar refractivity (Wildman–Crippen MR) is 45.1 cm³/mol. The molecule has 0 aliphatic carbocycles. The van der Waals surface area contributed by atoms with Crippen molar-refractivity contribution in [3.8, 4) is 5.88 Å². The number of aromatic nitrogens is 1. The van der Waals surface area contributed by atoms with Crippen molar-refractivity contribution in [2.24, 2.45) is 0 Å². The number of nitrogens with zero attached hydrogens (tertiary/aromatic N) is 1. The zero-order chi connectivity index (χ0) is 10.8. The van der Waals surface area contributed by atoms with E-state index in [4.69, 9.17) is 4.74 Å². The van der Waals surface area contributed by atoms with E-state index in [1.807, 2.05) is 0 Å². The maximum atomic E-state index is 12.4. The lowest BCUT2D eigenvalue weighted by Gasteiger charge is -2.11. The second-order valence-electron chi connectivity index (χ2n) is 2.74. The lowest BCUT2D eigenvalue weighted by molar-refractivity contribution is -0.139. The summed E-state index contributed by atoms with van der Waals surface area (Å²) in [5.74, 6) is -0.347. The third-order valence-electron chi connectivity index (χ3n) is 1.59. The van der Waals surface area contributed by atoms with Crippen LogP contribution in [0.15, 0.2) is 12.1 Å². The fourth-order valence-electron chi connectivity index (χ4n) is 0.995. The fourth-order valence-corrected chi connectivity index (χ4v) is 0.995. The summed E-state index contributed by atoms with van der Waals surface area (Å²) in [6.45, 7) is 3.40. The molecule has 0 N–H and O–H groups in total. The minimum Gasteiger partial charge on any atom is -0.478 e. The molecule has 0 spiro atoms. The summed E-state index contributed by atoms with van der Waals surface area (Å²) >= 11 is 0. The Morgan fingerprint density at radius 3 is 2.50 bits per heavy atom. The molecule has 0 aromatic carbocycles. The summed E-state index contributed by atoms with van der Waals surface area (Å²) in [7, 11) is 0. The molecule has 0 saturated carbocycles. The largest absolute Gasteiger partial charge is 0.478 e. The van der Waals surface area contributed by atoms with Crippen LogP contribution in [-0.2, 0) is 6.18 Å². The van der Waals surface area contributed by atoms with Crippen LogP contribution < -0.4 is 4.74 Å². The van der Waals surface area contributed by atoms with Gasteiger partial charge < -0.3 is 4.74 Å². The van der Waals surface area contributed by atoms with Gasteiger partial charge >= 0.3 is 6.18 Å². The van der Waals surface area contributed by atoms with Gasteiger partial charge in [0, 0.05) is 5.69 Å². The van der Waals surface area contributed by atoms with E-state index < -0.39 is 11.7 Å². The van der Waals surface area contributed by atoms with E-state index in [1.165, 1.54) is 6.07 Å². The van der Waals surface area contributed by atoms with Gasteiger partial charge in [-0.3, -0.25) is 0 Å². The number of hydrogen-bond donors (Lipinski definition) is 0. The molecule has 1 aromatic rings. The Morgan fingerprint density at radius 1 is 1.36 bits per heavy atom. The van der Waals surface area contributed by atoms with E-state index in [9.17, 15) is 13.2 Å². The van der Waals surface area contributed by atoms with E-state index in [0.29, 0.717) is 5.69 Å². The van der Waals surface area contributed by atoms with E-state index in [0.717, 1.165) is 6.07 Å². The zero-order valence-electron chi connectivity index (χ0n) is 7.85. The molecule has 2 nitrogen and oxygen atoms in total. The molecule has 0 amide bonds. The van der Waals surface area contributed by atoms with Gasteiger partial charge in [0.25, 0.3) is 0 Å². The summed E-state index contributed by atoms with van der Waals surface area (Å²) in [5.41, 5.74) is -0.327. The molecule has 78 valence electrons. The van der Waals surface area contributed by atoms with Crippen LogP contribution in [0, 0.1) is 6.92 Å². The van der Waals surface area contributed by atoms with Crippen molar-refractivity contribution < 1.29 is 17.9 Å². The number of alkyl halides is 3. The van der Waals surface area contributed by atoms with Gasteiger partial charge in [-0.2, -0.15) is 13.2 Å². The SMILES string of the molecule is CCOc1nc(C)ccc1C(F)(F)F. The van der Waals surface area contributed by atoms with Crippen LogP contribution in [-0.4, -0.2) is 11.6 Å². The standard InChI is InChI=1S/C9H10F3NO/c1-3-14-8-7(9(10,11)12)5-4-6(2)13-8/h4-5H,3H2,1-2H3. The average Bonchev–Trinajstić information content (AvgIpc) is 2.02. The van der Waals surface area contributed by atoms with Crippen LogP contribution >= 0.6 is 0 Å². The van der Waals surface area contributed by atoms with Crippen LogP contribution in [0.1, 0.15) is 18.2 Å². The lowest BCUT2D eigenvalue weighted by atomic mass is 10.2. The van der Waals surface area contributed by atoms with Crippen molar-refractivity contribution >= 4 is 0 Å². The second-order valence-corrected chi connectivity index (χ2v) is 2.74. The number of hydrogen-bond acceptors (Lipinski definition) is 2. The van der Waals surface area contributed by atoms with Gasteiger partial charge in [-0.05, 0) is 26.0 Å². The molecular weight excluding hydrogens is 195 g/mol. The Balaban J connectivity index is 3.15. The lowest BCUT2D eigenvalue weighted by Crippen LogP contribution is -2.10. The first-order valence-electron chi connectivity index (χ1n) is 4.12. The minimum atomic E-state index is -4.41. The summed E-state index contributed by atoms with van der Waals surface area (Å²) in [4.78, 5) is 3.69. The smallest absolute Gasteiger partial charge is 0.421 e. The zero-order valence-corrected chi connectivity index (χ0v) is 7.85. The average molecular weight is 205 g/mol. The monoisotopic (exact) mass is 205 g/mol. The molecule has 0 atom stereocenters. The Hall–Kier alpha value is -1.26. The first kappa shape index (κ1) is 10.8. The van der Waals surface area contributed by atoms with E-state index in [1.54, 1.807) is 13.8 Å². The van der Waals surface area contributed by atoms with Gasteiger partial charge in [-0.25, -0.2) is 4.98 Å². The van der Waals surface area contributed by atoms with Crippen molar-refractivity contribution in [3.63, 3.8) is 0 Å². The maximum absolute atomic E-state index is 12.4. The van der Waals surface area contributed by atoms with Gasteiger partial charge in [0.1, 0.15) is 5.56 Å². The third kappa shape index (κ3) is 2.37. The Kier molecular flexibility index (Phi) is 2.98. The van der Waals surface area contributed by atoms with Crippen LogP contribution in [0.25, 0.3) is 0 Å². The highest BCUT2D eigenvalue weighted by Gasteiger charge is 2.35. The molecule has 1 heterocycles. The van der Waals surface area contributed by atoms with Crippen LogP contribution in [0.2, 0.25) is 0 Å². The Bertz CT molecular complexity index is 322. The number of halogens is 3. The van der Waals surface area contributed by atoms with Gasteiger partial charge in [0.2, 0.25) is 5.88 Å². The van der Waals surface area contributed by atoms with Crippen LogP contribution in [0.4, 0.5) is 13.2 Å². The minimum absolute atomic E-state index is 0.166. The molecule has 0 radical (unpaired) electrons. The molecule has 14 heavy (non-hydrogen) atoms. The molecule has 0 aliphatic rings. The second kappa shape index (κ2) is 3.86. The van der Waals surface area contributed by atoms with Crippen LogP contribution in [0.5, 0.6) is 5.88 Å². The Labute approximate surface area is 79.7 Å². The molecule has 0 aliphatic heterocycles. The van der Waals surface area contributed by atoms with Crippen LogP contribution in [0.3, 0.4) is 0 Å². The quantitative estimate of drug-likeness (QED) is 0.740. The number of aryl methyl sites for hydroxylation is 1. The highest BCUT2D eigenvalue weighted by atomic mass is 19.4. The predicted octanol–water partition coefficient (Wildman–Crippen LogP) is 2.81. The van der Waals surface area contributed by atoms with E-state index >= 15 is 0 Å². The van der Waals surface area contributed by atoms with Crippen molar-refractivity contribution in [1.82, 2.24) is 4.98 Å². The van der Waals surface area contributed by atoms with Gasteiger partial charge in [-0.15, -0.1) is 0 Å². The molecule has 0 saturated heterocycles.